The first kappa shape index (κ1) is 14.3. The number of fused-ring (bicyclic) bond motifs is 1. The van der Waals surface area contributed by atoms with Gasteiger partial charge in [0, 0.05) is 49.0 Å². The van der Waals surface area contributed by atoms with Gasteiger partial charge in [0.25, 0.3) is 5.69 Å². The van der Waals surface area contributed by atoms with E-state index in [-0.39, 0.29) is 10.6 Å². The monoisotopic (exact) mass is 311 g/mol. The lowest BCUT2D eigenvalue weighted by molar-refractivity contribution is -0.383. The Morgan fingerprint density at radius 1 is 0.826 bits per heavy atom. The van der Waals surface area contributed by atoms with E-state index in [2.05, 4.69) is 15.9 Å². The van der Waals surface area contributed by atoms with Crippen LogP contribution in [0.15, 0.2) is 30.3 Å². The molecule has 5 nitrogen and oxygen atoms in total. The van der Waals surface area contributed by atoms with Gasteiger partial charge in [-0.25, -0.2) is 0 Å². The van der Waals surface area contributed by atoms with E-state index < -0.39 is 0 Å². The number of rotatable bonds is 3. The Morgan fingerprint density at radius 3 is 1.96 bits per heavy atom. The molecular formula is C18H21N3O2. The second-order valence-corrected chi connectivity index (χ2v) is 6.45. The Balaban J connectivity index is 1.97. The zero-order valence-corrected chi connectivity index (χ0v) is 13.2. The smallest absolute Gasteiger partial charge is 0.277 e. The molecule has 0 bridgehead atoms. The summed E-state index contributed by atoms with van der Waals surface area (Å²) < 4.78 is 0. The molecule has 0 N–H and O–H groups in total. The van der Waals surface area contributed by atoms with Crippen molar-refractivity contribution in [1.29, 1.82) is 0 Å². The third-order valence-electron chi connectivity index (χ3n) is 5.06. The van der Waals surface area contributed by atoms with Crippen LogP contribution in [0.4, 0.5) is 17.1 Å². The number of benzene rings is 2. The lowest BCUT2D eigenvalue weighted by atomic mass is 10.0. The zero-order chi connectivity index (χ0) is 15.8. The van der Waals surface area contributed by atoms with Crippen molar-refractivity contribution in [3.05, 3.63) is 40.4 Å². The third kappa shape index (κ3) is 2.40. The van der Waals surface area contributed by atoms with E-state index in [4.69, 9.17) is 0 Å². The maximum atomic E-state index is 11.5. The van der Waals surface area contributed by atoms with Gasteiger partial charge in [0.15, 0.2) is 0 Å². The Kier molecular flexibility index (Phi) is 3.56. The molecule has 0 saturated carbocycles. The predicted octanol–water partition coefficient (Wildman–Crippen LogP) is 3.95. The van der Waals surface area contributed by atoms with Gasteiger partial charge in [-0.1, -0.05) is 6.07 Å². The van der Waals surface area contributed by atoms with Crippen LogP contribution in [0.5, 0.6) is 0 Å². The van der Waals surface area contributed by atoms with Crippen LogP contribution in [0.2, 0.25) is 0 Å². The minimum absolute atomic E-state index is 0.212. The molecule has 2 aromatic carbocycles. The van der Waals surface area contributed by atoms with Gasteiger partial charge in [-0.2, -0.15) is 0 Å². The molecule has 0 aliphatic carbocycles. The van der Waals surface area contributed by atoms with E-state index in [1.165, 1.54) is 25.7 Å². The molecule has 0 amide bonds. The van der Waals surface area contributed by atoms with Gasteiger partial charge in [0.1, 0.15) is 0 Å². The summed E-state index contributed by atoms with van der Waals surface area (Å²) in [6, 6.07) is 9.59. The van der Waals surface area contributed by atoms with Crippen LogP contribution in [-0.4, -0.2) is 31.1 Å². The Labute approximate surface area is 135 Å². The van der Waals surface area contributed by atoms with Gasteiger partial charge >= 0.3 is 0 Å². The predicted molar refractivity (Wildman–Crippen MR) is 93.5 cm³/mol. The summed E-state index contributed by atoms with van der Waals surface area (Å²) in [5, 5.41) is 13.3. The molecule has 23 heavy (non-hydrogen) atoms. The summed E-state index contributed by atoms with van der Waals surface area (Å²) in [7, 11) is 0. The molecule has 2 aliphatic rings. The van der Waals surface area contributed by atoms with Gasteiger partial charge in [-0.3, -0.25) is 10.1 Å². The van der Waals surface area contributed by atoms with E-state index in [0.29, 0.717) is 0 Å². The number of nitrogens with zero attached hydrogens (tertiary/aromatic N) is 3. The van der Waals surface area contributed by atoms with Gasteiger partial charge in [0.2, 0.25) is 0 Å². The van der Waals surface area contributed by atoms with Gasteiger partial charge in [0.05, 0.1) is 10.3 Å². The quantitative estimate of drug-likeness (QED) is 0.636. The van der Waals surface area contributed by atoms with Gasteiger partial charge in [-0.05, 0) is 43.9 Å². The first-order chi connectivity index (χ1) is 11.3. The lowest BCUT2D eigenvalue weighted by Gasteiger charge is -2.25. The highest BCUT2D eigenvalue weighted by Crippen LogP contribution is 2.41. The minimum atomic E-state index is -0.260. The van der Waals surface area contributed by atoms with Crippen molar-refractivity contribution in [2.24, 2.45) is 0 Å². The fraction of sp³-hybridized carbons (Fsp3) is 0.444. The third-order valence-corrected chi connectivity index (χ3v) is 5.06. The van der Waals surface area contributed by atoms with Crippen molar-refractivity contribution < 1.29 is 4.92 Å². The Bertz CT molecular complexity index is 725. The van der Waals surface area contributed by atoms with Crippen molar-refractivity contribution in [3.8, 4) is 0 Å². The summed E-state index contributed by atoms with van der Waals surface area (Å²) in [6.45, 7) is 4.17. The number of non-ortho nitro benzene ring substituents is 1. The van der Waals surface area contributed by atoms with Crippen molar-refractivity contribution in [2.45, 2.75) is 25.7 Å². The first-order valence-corrected chi connectivity index (χ1v) is 8.46. The summed E-state index contributed by atoms with van der Waals surface area (Å²) >= 11 is 0. The average Bonchev–Trinajstić information content (AvgIpc) is 3.26. The number of nitro groups is 1. The van der Waals surface area contributed by atoms with Gasteiger partial charge < -0.3 is 9.80 Å². The zero-order valence-electron chi connectivity index (χ0n) is 13.2. The second-order valence-electron chi connectivity index (χ2n) is 6.45. The SMILES string of the molecule is O=[N+]([O-])c1ccc(N2CCCC2)c2c(N3CCCC3)cccc12. The molecule has 0 spiro atoms. The summed E-state index contributed by atoms with van der Waals surface area (Å²) in [6.07, 6.45) is 4.80. The molecule has 0 aromatic heterocycles. The Morgan fingerprint density at radius 2 is 1.39 bits per heavy atom. The topological polar surface area (TPSA) is 49.6 Å². The molecule has 2 aromatic rings. The molecule has 120 valence electrons. The van der Waals surface area contributed by atoms with E-state index >= 15 is 0 Å². The van der Waals surface area contributed by atoms with E-state index in [9.17, 15) is 10.1 Å². The van der Waals surface area contributed by atoms with E-state index in [1.807, 2.05) is 18.2 Å². The molecule has 0 unspecified atom stereocenters. The maximum Gasteiger partial charge on any atom is 0.277 e. The molecule has 2 fully saturated rings. The van der Waals surface area contributed by atoms with Crippen LogP contribution < -0.4 is 9.80 Å². The van der Waals surface area contributed by atoms with E-state index in [1.54, 1.807) is 6.07 Å². The normalized spacial score (nSPS) is 18.1. The maximum absolute atomic E-state index is 11.5. The number of hydrogen-bond acceptors (Lipinski definition) is 4. The van der Waals surface area contributed by atoms with Crippen molar-refractivity contribution >= 4 is 27.8 Å². The first-order valence-electron chi connectivity index (χ1n) is 8.46. The molecule has 2 heterocycles. The minimum Gasteiger partial charge on any atom is -0.371 e. The van der Waals surface area contributed by atoms with Crippen LogP contribution in [0.25, 0.3) is 10.8 Å². The second kappa shape index (κ2) is 5.72. The summed E-state index contributed by atoms with van der Waals surface area (Å²) in [5.74, 6) is 0. The fourth-order valence-electron chi connectivity index (χ4n) is 3.96. The number of hydrogen-bond donors (Lipinski definition) is 0. The highest BCUT2D eigenvalue weighted by atomic mass is 16.6. The van der Waals surface area contributed by atoms with Gasteiger partial charge in [-0.15, -0.1) is 0 Å². The van der Waals surface area contributed by atoms with Crippen LogP contribution >= 0.6 is 0 Å². The van der Waals surface area contributed by atoms with Crippen molar-refractivity contribution in [1.82, 2.24) is 0 Å². The molecule has 4 rings (SSSR count). The summed E-state index contributed by atoms with van der Waals surface area (Å²) in [5.41, 5.74) is 2.53. The molecule has 0 radical (unpaired) electrons. The standard InChI is InChI=1S/C18H21N3O2/c22-21(23)15-8-9-17(20-12-3-4-13-20)18-14(15)6-5-7-16(18)19-10-1-2-11-19/h5-9H,1-4,10-13H2. The fourth-order valence-corrected chi connectivity index (χ4v) is 3.96. The van der Waals surface area contributed by atoms with Crippen molar-refractivity contribution in [3.63, 3.8) is 0 Å². The molecule has 0 atom stereocenters. The largest absolute Gasteiger partial charge is 0.371 e. The highest BCUT2D eigenvalue weighted by molar-refractivity contribution is 6.08. The van der Waals surface area contributed by atoms with Crippen LogP contribution in [-0.2, 0) is 0 Å². The summed E-state index contributed by atoms with van der Waals surface area (Å²) in [4.78, 5) is 16.0. The van der Waals surface area contributed by atoms with Crippen LogP contribution in [0.3, 0.4) is 0 Å². The molecule has 5 heteroatoms. The number of nitro benzene ring substituents is 1. The molecule has 2 saturated heterocycles. The highest BCUT2D eigenvalue weighted by Gasteiger charge is 2.24. The average molecular weight is 311 g/mol. The lowest BCUT2D eigenvalue weighted by Crippen LogP contribution is -2.21. The van der Waals surface area contributed by atoms with E-state index in [0.717, 1.165) is 48.3 Å². The van der Waals surface area contributed by atoms with Crippen LogP contribution in [0.1, 0.15) is 25.7 Å². The molecular weight excluding hydrogens is 290 g/mol. The molecule has 2 aliphatic heterocycles. The van der Waals surface area contributed by atoms with Crippen molar-refractivity contribution in [2.75, 3.05) is 36.0 Å². The Hall–Kier alpha value is -2.30. The van der Waals surface area contributed by atoms with Crippen LogP contribution in [0, 0.1) is 10.1 Å². The number of anilines is 2.